The number of ether oxygens (including phenoxy) is 3. The van der Waals surface area contributed by atoms with Gasteiger partial charge >= 0.3 is 11.9 Å². The minimum Gasteiger partial charge on any atom is -0.481 e. The molecule has 27 heavy (non-hydrogen) atoms. The highest BCUT2D eigenvalue weighted by Gasteiger charge is 2.19. The van der Waals surface area contributed by atoms with Crippen molar-refractivity contribution < 1.29 is 28.6 Å². The van der Waals surface area contributed by atoms with E-state index in [0.29, 0.717) is 10.7 Å². The van der Waals surface area contributed by atoms with E-state index in [1.807, 2.05) is 0 Å². The summed E-state index contributed by atoms with van der Waals surface area (Å²) in [7, 11) is 2.43. The molecular weight excluding hydrogens is 374 g/mol. The molecule has 0 aliphatic heterocycles. The summed E-state index contributed by atoms with van der Waals surface area (Å²) in [5.41, 5.74) is 0.626. The number of esters is 2. The Bertz CT molecular complexity index is 833. The average molecular weight is 392 g/mol. The predicted octanol–water partition coefficient (Wildman–Crippen LogP) is 3.32. The number of carbonyl (C=O) groups excluding carboxylic acids is 3. The molecule has 1 N–H and O–H groups in total. The summed E-state index contributed by atoms with van der Waals surface area (Å²) in [6, 6.07) is 10.8. The Morgan fingerprint density at radius 3 is 2.04 bits per heavy atom. The summed E-state index contributed by atoms with van der Waals surface area (Å²) < 4.78 is 14.9. The molecule has 0 aromatic heterocycles. The summed E-state index contributed by atoms with van der Waals surface area (Å²) in [4.78, 5) is 35.9. The summed E-state index contributed by atoms with van der Waals surface area (Å²) in [6.45, 7) is 1.52. The molecule has 0 fully saturated rings. The Morgan fingerprint density at radius 2 is 1.52 bits per heavy atom. The van der Waals surface area contributed by atoms with Gasteiger partial charge in [0.15, 0.2) is 6.10 Å². The van der Waals surface area contributed by atoms with Crippen LogP contribution in [0.5, 0.6) is 5.75 Å². The quantitative estimate of drug-likeness (QED) is 0.759. The number of hydrogen-bond donors (Lipinski definition) is 1. The van der Waals surface area contributed by atoms with E-state index in [2.05, 4.69) is 14.8 Å². The summed E-state index contributed by atoms with van der Waals surface area (Å²) in [6.07, 6.45) is -0.931. The second kappa shape index (κ2) is 9.05. The van der Waals surface area contributed by atoms with Crippen molar-refractivity contribution in [3.63, 3.8) is 0 Å². The van der Waals surface area contributed by atoms with Crippen molar-refractivity contribution in [3.8, 4) is 5.75 Å². The van der Waals surface area contributed by atoms with Crippen LogP contribution in [0.3, 0.4) is 0 Å². The average Bonchev–Trinajstić information content (AvgIpc) is 2.67. The van der Waals surface area contributed by atoms with Crippen LogP contribution in [-0.2, 0) is 14.3 Å². The molecule has 0 radical (unpaired) electrons. The van der Waals surface area contributed by atoms with E-state index in [-0.39, 0.29) is 16.9 Å². The minimum absolute atomic E-state index is 0.0918. The van der Waals surface area contributed by atoms with Crippen molar-refractivity contribution in [1.82, 2.24) is 0 Å². The highest BCUT2D eigenvalue weighted by Crippen LogP contribution is 2.23. The Morgan fingerprint density at radius 1 is 0.963 bits per heavy atom. The van der Waals surface area contributed by atoms with E-state index >= 15 is 0 Å². The summed E-state index contributed by atoms with van der Waals surface area (Å²) >= 11 is 6.02. The topological polar surface area (TPSA) is 90.9 Å². The molecule has 0 aliphatic carbocycles. The van der Waals surface area contributed by atoms with E-state index in [1.165, 1.54) is 39.3 Å². The maximum Gasteiger partial charge on any atom is 0.338 e. The lowest BCUT2D eigenvalue weighted by Crippen LogP contribution is -2.30. The Balaban J connectivity index is 2.21. The van der Waals surface area contributed by atoms with Crippen LogP contribution in [0.2, 0.25) is 5.02 Å². The van der Waals surface area contributed by atoms with Crippen molar-refractivity contribution in [2.24, 2.45) is 0 Å². The number of benzene rings is 2. The third-order valence-electron chi connectivity index (χ3n) is 3.56. The first kappa shape index (κ1) is 20.3. The highest BCUT2D eigenvalue weighted by atomic mass is 35.5. The highest BCUT2D eigenvalue weighted by molar-refractivity contribution is 6.33. The number of halogens is 1. The maximum absolute atomic E-state index is 12.3. The molecule has 1 amide bonds. The molecule has 0 bridgehead atoms. The van der Waals surface area contributed by atoms with Crippen molar-refractivity contribution in [2.75, 3.05) is 19.5 Å². The van der Waals surface area contributed by atoms with Gasteiger partial charge in [-0.2, -0.15) is 0 Å². The molecular formula is C19H18ClNO6. The monoisotopic (exact) mass is 391 g/mol. The van der Waals surface area contributed by atoms with Gasteiger partial charge in [0.25, 0.3) is 5.91 Å². The molecule has 0 aliphatic rings. The van der Waals surface area contributed by atoms with Gasteiger partial charge in [-0.05, 0) is 37.3 Å². The molecule has 0 spiro atoms. The Labute approximate surface area is 161 Å². The van der Waals surface area contributed by atoms with Gasteiger partial charge in [0, 0.05) is 0 Å². The van der Waals surface area contributed by atoms with Gasteiger partial charge in [-0.15, -0.1) is 0 Å². The fraction of sp³-hybridized carbons (Fsp3) is 0.211. The smallest absolute Gasteiger partial charge is 0.338 e. The third-order valence-corrected chi connectivity index (χ3v) is 3.89. The zero-order valence-corrected chi connectivity index (χ0v) is 15.7. The number of carbonyl (C=O) groups is 3. The normalized spacial score (nSPS) is 11.3. The van der Waals surface area contributed by atoms with Crippen LogP contribution in [-0.4, -0.2) is 38.2 Å². The molecule has 0 saturated carbocycles. The van der Waals surface area contributed by atoms with E-state index in [0.717, 1.165) is 0 Å². The number of hydrogen-bond acceptors (Lipinski definition) is 6. The molecule has 2 rings (SSSR count). The Hall–Kier alpha value is -3.06. The lowest BCUT2D eigenvalue weighted by Gasteiger charge is -2.16. The first-order valence-electron chi connectivity index (χ1n) is 7.89. The number of methoxy groups -OCH3 is 2. The van der Waals surface area contributed by atoms with Crippen LogP contribution >= 0.6 is 11.6 Å². The summed E-state index contributed by atoms with van der Waals surface area (Å²) in [5, 5.41) is 3.04. The number of para-hydroxylation sites is 1. The molecule has 0 unspecified atom stereocenters. The van der Waals surface area contributed by atoms with Gasteiger partial charge < -0.3 is 19.5 Å². The minimum atomic E-state index is -0.931. The third kappa shape index (κ3) is 5.21. The Kier molecular flexibility index (Phi) is 6.79. The molecule has 0 heterocycles. The van der Waals surface area contributed by atoms with Crippen LogP contribution in [0.4, 0.5) is 5.69 Å². The van der Waals surface area contributed by atoms with Crippen molar-refractivity contribution in [1.29, 1.82) is 0 Å². The predicted molar refractivity (Wildman–Crippen MR) is 99.3 cm³/mol. The van der Waals surface area contributed by atoms with Crippen LogP contribution in [0, 0.1) is 0 Å². The number of anilines is 1. The van der Waals surface area contributed by atoms with Crippen molar-refractivity contribution >= 4 is 35.1 Å². The second-order valence-electron chi connectivity index (χ2n) is 5.46. The zero-order chi connectivity index (χ0) is 20.0. The van der Waals surface area contributed by atoms with Crippen LogP contribution < -0.4 is 10.1 Å². The first-order valence-corrected chi connectivity index (χ1v) is 8.27. The number of nitrogens with one attached hydrogen (secondary N) is 1. The van der Waals surface area contributed by atoms with E-state index in [9.17, 15) is 14.4 Å². The van der Waals surface area contributed by atoms with Crippen molar-refractivity contribution in [2.45, 2.75) is 13.0 Å². The summed E-state index contributed by atoms with van der Waals surface area (Å²) in [5.74, 6) is -1.62. The van der Waals surface area contributed by atoms with Gasteiger partial charge in [0.2, 0.25) is 0 Å². The van der Waals surface area contributed by atoms with Gasteiger partial charge in [0.1, 0.15) is 5.75 Å². The van der Waals surface area contributed by atoms with Crippen LogP contribution in [0.1, 0.15) is 27.6 Å². The van der Waals surface area contributed by atoms with E-state index < -0.39 is 23.9 Å². The largest absolute Gasteiger partial charge is 0.481 e. The second-order valence-corrected chi connectivity index (χ2v) is 5.87. The zero-order valence-electron chi connectivity index (χ0n) is 14.9. The fourth-order valence-electron chi connectivity index (χ4n) is 2.19. The van der Waals surface area contributed by atoms with E-state index in [4.69, 9.17) is 16.3 Å². The molecule has 0 saturated heterocycles. The lowest BCUT2D eigenvalue weighted by molar-refractivity contribution is -0.122. The number of rotatable bonds is 6. The molecule has 1 atom stereocenters. The SMILES string of the molecule is COC(=O)c1cc(O[C@@H](C)C(=O)Nc2ccccc2Cl)cc(C(=O)OC)c1. The molecule has 8 heteroatoms. The molecule has 142 valence electrons. The van der Waals surface area contributed by atoms with Crippen molar-refractivity contribution in [3.05, 3.63) is 58.6 Å². The van der Waals surface area contributed by atoms with Gasteiger partial charge in [-0.3, -0.25) is 4.79 Å². The number of amides is 1. The van der Waals surface area contributed by atoms with Gasteiger partial charge in [0.05, 0.1) is 36.1 Å². The van der Waals surface area contributed by atoms with Crippen LogP contribution in [0.25, 0.3) is 0 Å². The van der Waals surface area contributed by atoms with Gasteiger partial charge in [-0.1, -0.05) is 23.7 Å². The fourth-order valence-corrected chi connectivity index (χ4v) is 2.38. The maximum atomic E-state index is 12.3. The lowest BCUT2D eigenvalue weighted by atomic mass is 10.1. The molecule has 2 aromatic rings. The van der Waals surface area contributed by atoms with Crippen LogP contribution in [0.15, 0.2) is 42.5 Å². The standard InChI is InChI=1S/C19H18ClNO6/c1-11(17(22)21-16-7-5-4-6-15(16)20)27-14-9-12(18(23)25-2)8-13(10-14)19(24)26-3/h4-11H,1-3H3,(H,21,22)/t11-/m0/s1. The molecule has 7 nitrogen and oxygen atoms in total. The molecule has 2 aromatic carbocycles. The first-order chi connectivity index (χ1) is 12.8. The van der Waals surface area contributed by atoms with Gasteiger partial charge in [-0.25, -0.2) is 9.59 Å². The van der Waals surface area contributed by atoms with E-state index in [1.54, 1.807) is 24.3 Å².